The minimum Gasteiger partial charge on any atom is -0.484 e. The number of hydrogen-bond donors (Lipinski definition) is 1. The van der Waals surface area contributed by atoms with E-state index in [1.165, 1.54) is 6.07 Å². The molecular formula is C14H14BrFN2O. The van der Waals surface area contributed by atoms with E-state index in [-0.39, 0.29) is 18.2 Å². The van der Waals surface area contributed by atoms with E-state index in [1.54, 1.807) is 12.1 Å². The SMILES string of the molecule is CCNc1cccc(COc2cc(Br)ccc2F)n1. The van der Waals surface area contributed by atoms with Crippen LogP contribution in [0.5, 0.6) is 5.75 Å². The second kappa shape index (κ2) is 6.52. The van der Waals surface area contributed by atoms with Crippen molar-refractivity contribution in [3.63, 3.8) is 0 Å². The molecule has 3 nitrogen and oxygen atoms in total. The lowest BCUT2D eigenvalue weighted by molar-refractivity contribution is 0.286. The summed E-state index contributed by atoms with van der Waals surface area (Å²) in [5, 5.41) is 3.12. The first-order valence-electron chi connectivity index (χ1n) is 5.96. The van der Waals surface area contributed by atoms with Crippen LogP contribution >= 0.6 is 15.9 Å². The van der Waals surface area contributed by atoms with Crippen LogP contribution in [0.15, 0.2) is 40.9 Å². The number of nitrogens with one attached hydrogen (secondary N) is 1. The molecule has 0 radical (unpaired) electrons. The number of pyridine rings is 1. The molecule has 1 aromatic carbocycles. The Morgan fingerprint density at radius 1 is 1.32 bits per heavy atom. The minimum absolute atomic E-state index is 0.213. The van der Waals surface area contributed by atoms with Gasteiger partial charge in [0.1, 0.15) is 12.4 Å². The standard InChI is InChI=1S/C14H14BrFN2O/c1-2-17-14-5-3-4-11(18-14)9-19-13-8-10(15)6-7-12(13)16/h3-8H,2,9H2,1H3,(H,17,18). The zero-order chi connectivity index (χ0) is 13.7. The molecule has 2 aromatic rings. The zero-order valence-corrected chi connectivity index (χ0v) is 12.1. The fourth-order valence-corrected chi connectivity index (χ4v) is 1.92. The lowest BCUT2D eigenvalue weighted by Crippen LogP contribution is -2.04. The van der Waals surface area contributed by atoms with Gasteiger partial charge >= 0.3 is 0 Å². The number of ether oxygens (including phenoxy) is 1. The van der Waals surface area contributed by atoms with Gasteiger partial charge in [-0.15, -0.1) is 0 Å². The summed E-state index contributed by atoms with van der Waals surface area (Å²) in [5.41, 5.74) is 0.748. The molecule has 0 atom stereocenters. The Morgan fingerprint density at radius 3 is 2.95 bits per heavy atom. The predicted octanol–water partition coefficient (Wildman–Crippen LogP) is 3.99. The summed E-state index contributed by atoms with van der Waals surface area (Å²) in [5.74, 6) is 0.620. The van der Waals surface area contributed by atoms with Crippen molar-refractivity contribution in [3.05, 3.63) is 52.4 Å². The molecule has 0 amide bonds. The fraction of sp³-hybridized carbons (Fsp3) is 0.214. The summed E-state index contributed by atoms with van der Waals surface area (Å²) in [4.78, 5) is 4.36. The fourth-order valence-electron chi connectivity index (χ4n) is 1.58. The smallest absolute Gasteiger partial charge is 0.165 e. The van der Waals surface area contributed by atoms with Gasteiger partial charge in [-0.2, -0.15) is 0 Å². The summed E-state index contributed by atoms with van der Waals surface area (Å²) >= 11 is 3.28. The molecule has 0 saturated heterocycles. The molecule has 0 fully saturated rings. The van der Waals surface area contributed by atoms with Gasteiger partial charge < -0.3 is 10.1 Å². The van der Waals surface area contributed by atoms with Crippen molar-refractivity contribution in [2.24, 2.45) is 0 Å². The molecule has 0 aliphatic rings. The van der Waals surface area contributed by atoms with Gasteiger partial charge in [-0.05, 0) is 37.3 Å². The van der Waals surface area contributed by atoms with Crippen molar-refractivity contribution in [1.29, 1.82) is 0 Å². The van der Waals surface area contributed by atoms with Crippen molar-refractivity contribution in [2.45, 2.75) is 13.5 Å². The number of anilines is 1. The van der Waals surface area contributed by atoms with Crippen molar-refractivity contribution < 1.29 is 9.13 Å². The summed E-state index contributed by atoms with van der Waals surface area (Å²) in [6.07, 6.45) is 0. The van der Waals surface area contributed by atoms with Crippen LogP contribution < -0.4 is 10.1 Å². The first kappa shape index (κ1) is 13.8. The molecular weight excluding hydrogens is 311 g/mol. The van der Waals surface area contributed by atoms with Gasteiger partial charge in [0.25, 0.3) is 0 Å². The Balaban J connectivity index is 2.05. The van der Waals surface area contributed by atoms with Crippen LogP contribution in [0.3, 0.4) is 0 Å². The molecule has 0 spiro atoms. The number of aromatic nitrogens is 1. The highest BCUT2D eigenvalue weighted by Crippen LogP contribution is 2.23. The maximum Gasteiger partial charge on any atom is 0.165 e. The molecule has 1 heterocycles. The summed E-state index contributed by atoms with van der Waals surface area (Å²) in [7, 11) is 0. The molecule has 1 aromatic heterocycles. The average molecular weight is 325 g/mol. The second-order valence-electron chi connectivity index (χ2n) is 3.91. The molecule has 2 rings (SSSR count). The lowest BCUT2D eigenvalue weighted by atomic mass is 10.3. The highest BCUT2D eigenvalue weighted by atomic mass is 79.9. The summed E-state index contributed by atoms with van der Waals surface area (Å²) < 4.78 is 19.7. The molecule has 5 heteroatoms. The summed E-state index contributed by atoms with van der Waals surface area (Å²) in [6, 6.07) is 10.2. The number of halogens is 2. The van der Waals surface area contributed by atoms with Gasteiger partial charge in [0.05, 0.1) is 5.69 Å². The molecule has 19 heavy (non-hydrogen) atoms. The molecule has 1 N–H and O–H groups in total. The van der Waals surface area contributed by atoms with Gasteiger partial charge in [0.2, 0.25) is 0 Å². The maximum atomic E-state index is 13.5. The predicted molar refractivity (Wildman–Crippen MR) is 76.8 cm³/mol. The maximum absolute atomic E-state index is 13.5. The van der Waals surface area contributed by atoms with E-state index in [0.717, 1.165) is 22.5 Å². The first-order chi connectivity index (χ1) is 9.19. The van der Waals surface area contributed by atoms with E-state index in [4.69, 9.17) is 4.74 Å². The van der Waals surface area contributed by atoms with E-state index in [9.17, 15) is 4.39 Å². The highest BCUT2D eigenvalue weighted by molar-refractivity contribution is 9.10. The number of benzene rings is 1. The highest BCUT2D eigenvalue weighted by Gasteiger charge is 2.05. The van der Waals surface area contributed by atoms with Gasteiger partial charge in [-0.3, -0.25) is 0 Å². The van der Waals surface area contributed by atoms with E-state index >= 15 is 0 Å². The van der Waals surface area contributed by atoms with E-state index in [1.807, 2.05) is 25.1 Å². The molecule has 0 unspecified atom stereocenters. The Hall–Kier alpha value is -1.62. The quantitative estimate of drug-likeness (QED) is 0.902. The van der Waals surface area contributed by atoms with Crippen molar-refractivity contribution >= 4 is 21.7 Å². The van der Waals surface area contributed by atoms with Crippen LogP contribution in [0.2, 0.25) is 0 Å². The third-order valence-electron chi connectivity index (χ3n) is 2.43. The van der Waals surface area contributed by atoms with Gasteiger partial charge in [0.15, 0.2) is 11.6 Å². The van der Waals surface area contributed by atoms with E-state index in [0.29, 0.717) is 0 Å². The van der Waals surface area contributed by atoms with Gasteiger partial charge in [-0.1, -0.05) is 22.0 Å². The normalized spacial score (nSPS) is 10.3. The van der Waals surface area contributed by atoms with Crippen LogP contribution in [0.1, 0.15) is 12.6 Å². The Bertz CT molecular complexity index is 563. The van der Waals surface area contributed by atoms with Crippen molar-refractivity contribution in [2.75, 3.05) is 11.9 Å². The van der Waals surface area contributed by atoms with Gasteiger partial charge in [-0.25, -0.2) is 9.37 Å². The molecule has 0 aliphatic heterocycles. The van der Waals surface area contributed by atoms with Crippen LogP contribution in [-0.4, -0.2) is 11.5 Å². The summed E-state index contributed by atoms with van der Waals surface area (Å²) in [6.45, 7) is 3.03. The molecule has 0 bridgehead atoms. The molecule has 0 aliphatic carbocycles. The van der Waals surface area contributed by atoms with Crippen LogP contribution in [0.25, 0.3) is 0 Å². The minimum atomic E-state index is -0.383. The Labute approximate surface area is 119 Å². The molecule has 100 valence electrons. The topological polar surface area (TPSA) is 34.1 Å². The van der Waals surface area contributed by atoms with Crippen LogP contribution in [-0.2, 0) is 6.61 Å². The van der Waals surface area contributed by atoms with Gasteiger partial charge in [0, 0.05) is 11.0 Å². The first-order valence-corrected chi connectivity index (χ1v) is 6.76. The average Bonchev–Trinajstić information content (AvgIpc) is 2.41. The van der Waals surface area contributed by atoms with Crippen LogP contribution in [0.4, 0.5) is 10.2 Å². The second-order valence-corrected chi connectivity index (χ2v) is 4.82. The Kier molecular flexibility index (Phi) is 4.74. The third-order valence-corrected chi connectivity index (χ3v) is 2.93. The third kappa shape index (κ3) is 3.92. The number of nitrogens with zero attached hydrogens (tertiary/aromatic N) is 1. The van der Waals surface area contributed by atoms with Crippen molar-refractivity contribution in [1.82, 2.24) is 4.98 Å². The van der Waals surface area contributed by atoms with Crippen LogP contribution in [0, 0.1) is 5.82 Å². The van der Waals surface area contributed by atoms with E-state index < -0.39 is 0 Å². The van der Waals surface area contributed by atoms with E-state index in [2.05, 4.69) is 26.2 Å². The zero-order valence-electron chi connectivity index (χ0n) is 10.5. The number of hydrogen-bond acceptors (Lipinski definition) is 3. The van der Waals surface area contributed by atoms with Crippen molar-refractivity contribution in [3.8, 4) is 5.75 Å². The number of rotatable bonds is 5. The largest absolute Gasteiger partial charge is 0.484 e. The monoisotopic (exact) mass is 324 g/mol. The lowest BCUT2D eigenvalue weighted by Gasteiger charge is -2.08. The Morgan fingerprint density at radius 2 is 2.16 bits per heavy atom. The molecule has 0 saturated carbocycles.